The van der Waals surface area contributed by atoms with Crippen molar-refractivity contribution < 1.29 is 4.79 Å². The van der Waals surface area contributed by atoms with Gasteiger partial charge in [-0.2, -0.15) is 0 Å². The Morgan fingerprint density at radius 3 is 2.23 bits per heavy atom. The van der Waals surface area contributed by atoms with Crippen LogP contribution in [0, 0.1) is 0 Å². The van der Waals surface area contributed by atoms with Crippen molar-refractivity contribution in [2.45, 2.75) is 6.42 Å². The summed E-state index contributed by atoms with van der Waals surface area (Å²) in [6.07, 6.45) is 0.409. The quantitative estimate of drug-likeness (QED) is 0.833. The fraction of sp³-hybridized carbons (Fsp3) is 0.278. The minimum Gasteiger partial charge on any atom is -0.399 e. The van der Waals surface area contributed by atoms with E-state index in [0.29, 0.717) is 18.7 Å². The van der Waals surface area contributed by atoms with Crippen LogP contribution < -0.4 is 10.6 Å². The Labute approximate surface area is 132 Å². The van der Waals surface area contributed by atoms with Gasteiger partial charge in [-0.25, -0.2) is 0 Å². The number of carbonyl (C=O) groups excluding carboxylic acids is 1. The molecule has 22 heavy (non-hydrogen) atoms. The number of hydrogen-bond donors (Lipinski definition) is 1. The van der Waals surface area contributed by atoms with E-state index < -0.39 is 0 Å². The highest BCUT2D eigenvalue weighted by Gasteiger charge is 2.10. The molecule has 0 radical (unpaired) electrons. The van der Waals surface area contributed by atoms with Crippen LogP contribution in [0.3, 0.4) is 0 Å². The van der Waals surface area contributed by atoms with Gasteiger partial charge in [-0.1, -0.05) is 30.3 Å². The smallest absolute Gasteiger partial charge is 0.226 e. The van der Waals surface area contributed by atoms with E-state index in [-0.39, 0.29) is 5.91 Å². The fourth-order valence-electron chi connectivity index (χ4n) is 2.18. The molecular formula is C18H23N3O. The van der Waals surface area contributed by atoms with Gasteiger partial charge in [-0.15, -0.1) is 0 Å². The molecule has 0 spiro atoms. The third kappa shape index (κ3) is 4.52. The van der Waals surface area contributed by atoms with E-state index in [1.54, 1.807) is 4.90 Å². The molecule has 0 saturated carbocycles. The SMILES string of the molecule is CN(CCN(C)c1ccccc1)C(=O)Cc1ccc(N)cc1. The molecular weight excluding hydrogens is 274 g/mol. The van der Waals surface area contributed by atoms with Gasteiger partial charge in [0.05, 0.1) is 6.42 Å². The van der Waals surface area contributed by atoms with Crippen molar-refractivity contribution in [1.82, 2.24) is 4.90 Å². The largest absolute Gasteiger partial charge is 0.399 e. The first-order valence-corrected chi connectivity index (χ1v) is 7.41. The summed E-state index contributed by atoms with van der Waals surface area (Å²) in [6.45, 7) is 1.49. The highest BCUT2D eigenvalue weighted by atomic mass is 16.2. The van der Waals surface area contributed by atoms with Crippen molar-refractivity contribution in [2.24, 2.45) is 0 Å². The van der Waals surface area contributed by atoms with Gasteiger partial charge >= 0.3 is 0 Å². The summed E-state index contributed by atoms with van der Waals surface area (Å²) < 4.78 is 0. The summed E-state index contributed by atoms with van der Waals surface area (Å²) >= 11 is 0. The first-order valence-electron chi connectivity index (χ1n) is 7.41. The Morgan fingerprint density at radius 2 is 1.59 bits per heavy atom. The summed E-state index contributed by atoms with van der Waals surface area (Å²) in [5.74, 6) is 0.117. The van der Waals surface area contributed by atoms with Crippen molar-refractivity contribution in [1.29, 1.82) is 0 Å². The molecule has 0 aromatic heterocycles. The molecule has 0 fully saturated rings. The zero-order valence-electron chi connectivity index (χ0n) is 13.2. The van der Waals surface area contributed by atoms with Crippen molar-refractivity contribution in [3.05, 3.63) is 60.2 Å². The van der Waals surface area contributed by atoms with Crippen LogP contribution in [-0.2, 0) is 11.2 Å². The van der Waals surface area contributed by atoms with E-state index in [2.05, 4.69) is 17.0 Å². The summed E-state index contributed by atoms with van der Waals surface area (Å²) in [4.78, 5) is 16.1. The third-order valence-corrected chi connectivity index (χ3v) is 3.73. The van der Waals surface area contributed by atoms with Crippen molar-refractivity contribution in [2.75, 3.05) is 37.8 Å². The molecule has 1 amide bonds. The first-order chi connectivity index (χ1) is 10.6. The molecule has 2 N–H and O–H groups in total. The molecule has 0 unspecified atom stereocenters. The molecule has 0 saturated heterocycles. The van der Waals surface area contributed by atoms with E-state index in [1.165, 1.54) is 0 Å². The van der Waals surface area contributed by atoms with Gasteiger partial charge < -0.3 is 15.5 Å². The molecule has 0 atom stereocenters. The predicted octanol–water partition coefficient (Wildman–Crippen LogP) is 2.41. The van der Waals surface area contributed by atoms with E-state index in [1.807, 2.05) is 56.6 Å². The second kappa shape index (κ2) is 7.50. The van der Waals surface area contributed by atoms with Crippen LogP contribution in [0.5, 0.6) is 0 Å². The number of carbonyl (C=O) groups is 1. The third-order valence-electron chi connectivity index (χ3n) is 3.73. The summed E-state index contributed by atoms with van der Waals surface area (Å²) in [5.41, 5.74) is 8.51. The maximum atomic E-state index is 12.2. The maximum absolute atomic E-state index is 12.2. The molecule has 2 rings (SSSR count). The number of nitrogen functional groups attached to an aromatic ring is 1. The number of likely N-dealkylation sites (N-methyl/N-ethyl adjacent to an activating group) is 2. The second-order valence-corrected chi connectivity index (χ2v) is 5.49. The Kier molecular flexibility index (Phi) is 5.42. The van der Waals surface area contributed by atoms with Crippen molar-refractivity contribution >= 4 is 17.3 Å². The number of benzene rings is 2. The number of nitrogens with two attached hydrogens (primary N) is 1. The van der Waals surface area contributed by atoms with Crippen LogP contribution in [-0.4, -0.2) is 38.0 Å². The maximum Gasteiger partial charge on any atom is 0.226 e. The number of anilines is 2. The number of rotatable bonds is 6. The van der Waals surface area contributed by atoms with Gasteiger partial charge in [-0.3, -0.25) is 4.79 Å². The lowest BCUT2D eigenvalue weighted by Gasteiger charge is -2.24. The molecule has 0 aliphatic carbocycles. The molecule has 4 nitrogen and oxygen atoms in total. The molecule has 0 heterocycles. The number of hydrogen-bond acceptors (Lipinski definition) is 3. The number of nitrogens with zero attached hydrogens (tertiary/aromatic N) is 2. The lowest BCUT2D eigenvalue weighted by atomic mass is 10.1. The predicted molar refractivity (Wildman–Crippen MR) is 91.9 cm³/mol. The van der Waals surface area contributed by atoms with Gasteiger partial charge in [0.2, 0.25) is 5.91 Å². The zero-order valence-corrected chi connectivity index (χ0v) is 13.2. The first kappa shape index (κ1) is 15.9. The molecule has 2 aromatic carbocycles. The van der Waals surface area contributed by atoms with Gasteiger partial charge in [-0.05, 0) is 29.8 Å². The van der Waals surface area contributed by atoms with Crippen LogP contribution in [0.15, 0.2) is 54.6 Å². The normalized spacial score (nSPS) is 10.3. The molecule has 0 aliphatic rings. The summed E-state index contributed by atoms with van der Waals surface area (Å²) in [7, 11) is 3.88. The Balaban J connectivity index is 1.82. The van der Waals surface area contributed by atoms with Crippen LogP contribution in [0.4, 0.5) is 11.4 Å². The lowest BCUT2D eigenvalue weighted by Crippen LogP contribution is -2.35. The van der Waals surface area contributed by atoms with E-state index >= 15 is 0 Å². The van der Waals surface area contributed by atoms with Gasteiger partial charge in [0, 0.05) is 38.6 Å². The molecule has 116 valence electrons. The van der Waals surface area contributed by atoms with Gasteiger partial charge in [0.15, 0.2) is 0 Å². The molecule has 4 heteroatoms. The van der Waals surface area contributed by atoms with E-state index in [0.717, 1.165) is 17.8 Å². The molecule has 0 aliphatic heterocycles. The minimum atomic E-state index is 0.117. The highest BCUT2D eigenvalue weighted by Crippen LogP contribution is 2.11. The average molecular weight is 297 g/mol. The Morgan fingerprint density at radius 1 is 0.955 bits per heavy atom. The Hall–Kier alpha value is -2.49. The van der Waals surface area contributed by atoms with E-state index in [9.17, 15) is 4.79 Å². The highest BCUT2D eigenvalue weighted by molar-refractivity contribution is 5.78. The monoisotopic (exact) mass is 297 g/mol. The lowest BCUT2D eigenvalue weighted by molar-refractivity contribution is -0.129. The second-order valence-electron chi connectivity index (χ2n) is 5.49. The topological polar surface area (TPSA) is 49.6 Å². The average Bonchev–Trinajstić information content (AvgIpc) is 2.55. The van der Waals surface area contributed by atoms with E-state index in [4.69, 9.17) is 5.73 Å². The van der Waals surface area contributed by atoms with Crippen molar-refractivity contribution in [3.63, 3.8) is 0 Å². The molecule has 0 bridgehead atoms. The van der Waals surface area contributed by atoms with Gasteiger partial charge in [0.25, 0.3) is 0 Å². The standard InChI is InChI=1S/C18H23N3O/c1-20(17-6-4-3-5-7-17)12-13-21(2)18(22)14-15-8-10-16(19)11-9-15/h3-11H,12-14,19H2,1-2H3. The zero-order chi connectivity index (χ0) is 15.9. The van der Waals surface area contributed by atoms with Crippen molar-refractivity contribution in [3.8, 4) is 0 Å². The van der Waals surface area contributed by atoms with Crippen LogP contribution >= 0.6 is 0 Å². The molecule has 2 aromatic rings. The van der Waals surface area contributed by atoms with Crippen LogP contribution in [0.25, 0.3) is 0 Å². The van der Waals surface area contributed by atoms with Crippen LogP contribution in [0.2, 0.25) is 0 Å². The summed E-state index contributed by atoms with van der Waals surface area (Å²) in [6, 6.07) is 17.6. The Bertz CT molecular complexity index is 595. The summed E-state index contributed by atoms with van der Waals surface area (Å²) in [5, 5.41) is 0. The minimum absolute atomic E-state index is 0.117. The number of para-hydroxylation sites is 1. The van der Waals surface area contributed by atoms with Crippen LogP contribution in [0.1, 0.15) is 5.56 Å². The van der Waals surface area contributed by atoms with Gasteiger partial charge in [0.1, 0.15) is 0 Å². The fourth-order valence-corrected chi connectivity index (χ4v) is 2.18. The number of amides is 1.